The Morgan fingerprint density at radius 3 is 2.84 bits per heavy atom. The third-order valence-electron chi connectivity index (χ3n) is 3.67. The van der Waals surface area contributed by atoms with E-state index in [4.69, 9.17) is 10.5 Å². The molecule has 0 spiro atoms. The van der Waals surface area contributed by atoms with Crippen molar-refractivity contribution in [1.82, 2.24) is 9.80 Å². The number of para-hydroxylation sites is 1. The molecule has 1 saturated heterocycles. The van der Waals surface area contributed by atoms with Crippen LogP contribution in [-0.4, -0.2) is 56.0 Å². The summed E-state index contributed by atoms with van der Waals surface area (Å²) in [4.78, 5) is 15.8. The second-order valence-corrected chi connectivity index (χ2v) is 4.78. The molecule has 2 rings (SSSR count). The molecule has 1 aliphatic rings. The summed E-state index contributed by atoms with van der Waals surface area (Å²) in [7, 11) is 3.74. The van der Waals surface area contributed by atoms with E-state index in [0.717, 1.165) is 24.4 Å². The minimum absolute atomic E-state index is 0.00741. The third-order valence-corrected chi connectivity index (χ3v) is 3.67. The standard InChI is InChI=1S/C14H21N3O2/c1-16-7-8-17(14(18)9-15)10-12(16)11-5-3-4-6-13(11)19-2/h3-6,12H,7-10,15H2,1-2H3/t12-/m1/s1. The maximum absolute atomic E-state index is 11.8. The van der Waals surface area contributed by atoms with E-state index in [0.29, 0.717) is 6.54 Å². The zero-order valence-corrected chi connectivity index (χ0v) is 11.5. The number of benzene rings is 1. The second kappa shape index (κ2) is 6.04. The molecule has 0 aromatic heterocycles. The lowest BCUT2D eigenvalue weighted by Crippen LogP contribution is -2.50. The summed E-state index contributed by atoms with van der Waals surface area (Å²) < 4.78 is 5.41. The minimum Gasteiger partial charge on any atom is -0.496 e. The molecule has 1 amide bonds. The quantitative estimate of drug-likeness (QED) is 0.861. The van der Waals surface area contributed by atoms with Crippen LogP contribution in [0.15, 0.2) is 24.3 Å². The predicted molar refractivity (Wildman–Crippen MR) is 74.0 cm³/mol. The highest BCUT2D eigenvalue weighted by molar-refractivity contribution is 5.78. The van der Waals surface area contributed by atoms with Crippen molar-refractivity contribution in [2.75, 3.05) is 40.3 Å². The van der Waals surface area contributed by atoms with E-state index in [1.165, 1.54) is 0 Å². The average Bonchev–Trinajstić information content (AvgIpc) is 2.47. The summed E-state index contributed by atoms with van der Waals surface area (Å²) >= 11 is 0. The van der Waals surface area contributed by atoms with Gasteiger partial charge in [-0.2, -0.15) is 0 Å². The SMILES string of the molecule is COc1ccccc1[C@H]1CN(C(=O)CN)CCN1C. The summed E-state index contributed by atoms with van der Waals surface area (Å²) in [5.74, 6) is 0.870. The lowest BCUT2D eigenvalue weighted by atomic mass is 10.0. The van der Waals surface area contributed by atoms with Crippen molar-refractivity contribution in [2.24, 2.45) is 5.73 Å². The van der Waals surface area contributed by atoms with Crippen LogP contribution in [0.3, 0.4) is 0 Å². The van der Waals surface area contributed by atoms with E-state index in [1.54, 1.807) is 7.11 Å². The molecule has 2 N–H and O–H groups in total. The summed E-state index contributed by atoms with van der Waals surface area (Å²) in [5.41, 5.74) is 6.56. The van der Waals surface area contributed by atoms with Gasteiger partial charge in [0.2, 0.25) is 5.91 Å². The van der Waals surface area contributed by atoms with Crippen molar-refractivity contribution in [3.05, 3.63) is 29.8 Å². The summed E-state index contributed by atoms with van der Waals surface area (Å²) in [6.45, 7) is 2.31. The maximum Gasteiger partial charge on any atom is 0.236 e. The van der Waals surface area contributed by atoms with Gasteiger partial charge in [0.1, 0.15) is 5.75 Å². The van der Waals surface area contributed by atoms with Crippen LogP contribution < -0.4 is 10.5 Å². The van der Waals surface area contributed by atoms with Crippen molar-refractivity contribution >= 4 is 5.91 Å². The van der Waals surface area contributed by atoms with Gasteiger partial charge in [-0.3, -0.25) is 9.69 Å². The molecule has 1 fully saturated rings. The fraction of sp³-hybridized carbons (Fsp3) is 0.500. The predicted octanol–water partition coefficient (Wildman–Crippen LogP) is 0.469. The van der Waals surface area contributed by atoms with Crippen LogP contribution in [0.5, 0.6) is 5.75 Å². The van der Waals surface area contributed by atoms with Crippen LogP contribution in [0.1, 0.15) is 11.6 Å². The first-order valence-corrected chi connectivity index (χ1v) is 6.48. The highest BCUT2D eigenvalue weighted by Crippen LogP contribution is 2.30. The number of carbonyl (C=O) groups is 1. The molecule has 0 radical (unpaired) electrons. The number of nitrogens with zero attached hydrogens (tertiary/aromatic N) is 2. The van der Waals surface area contributed by atoms with Gasteiger partial charge in [0.05, 0.1) is 19.7 Å². The van der Waals surface area contributed by atoms with Crippen LogP contribution in [0, 0.1) is 0 Å². The largest absolute Gasteiger partial charge is 0.496 e. The summed E-state index contributed by atoms with van der Waals surface area (Å²) in [6.07, 6.45) is 0. The minimum atomic E-state index is 0.00741. The van der Waals surface area contributed by atoms with Gasteiger partial charge in [-0.05, 0) is 13.1 Å². The van der Waals surface area contributed by atoms with Gasteiger partial charge in [-0.1, -0.05) is 18.2 Å². The number of amides is 1. The molecule has 0 aliphatic carbocycles. The highest BCUT2D eigenvalue weighted by Gasteiger charge is 2.29. The summed E-state index contributed by atoms with van der Waals surface area (Å²) in [5, 5.41) is 0. The van der Waals surface area contributed by atoms with Crippen molar-refractivity contribution in [2.45, 2.75) is 6.04 Å². The molecule has 0 unspecified atom stereocenters. The van der Waals surface area contributed by atoms with Crippen LogP contribution >= 0.6 is 0 Å². The van der Waals surface area contributed by atoms with Gasteiger partial charge < -0.3 is 15.4 Å². The van der Waals surface area contributed by atoms with Gasteiger partial charge in [-0.15, -0.1) is 0 Å². The molecule has 1 atom stereocenters. The van der Waals surface area contributed by atoms with E-state index in [-0.39, 0.29) is 18.5 Å². The molecule has 1 heterocycles. The van der Waals surface area contributed by atoms with Gasteiger partial charge >= 0.3 is 0 Å². The molecule has 0 bridgehead atoms. The van der Waals surface area contributed by atoms with E-state index >= 15 is 0 Å². The number of carbonyl (C=O) groups excluding carboxylic acids is 1. The van der Waals surface area contributed by atoms with E-state index in [9.17, 15) is 4.79 Å². The Bertz CT molecular complexity index is 450. The number of methoxy groups -OCH3 is 1. The first-order chi connectivity index (χ1) is 9.17. The Hall–Kier alpha value is -1.59. The van der Waals surface area contributed by atoms with Gasteiger partial charge in [0.25, 0.3) is 0 Å². The first-order valence-electron chi connectivity index (χ1n) is 6.48. The molecule has 1 aromatic carbocycles. The Balaban J connectivity index is 2.23. The van der Waals surface area contributed by atoms with Gasteiger partial charge in [0, 0.05) is 25.2 Å². The van der Waals surface area contributed by atoms with E-state index < -0.39 is 0 Å². The van der Waals surface area contributed by atoms with Crippen LogP contribution in [0.25, 0.3) is 0 Å². The monoisotopic (exact) mass is 263 g/mol. The lowest BCUT2D eigenvalue weighted by molar-refractivity contribution is -0.132. The number of likely N-dealkylation sites (N-methyl/N-ethyl adjacent to an activating group) is 1. The van der Waals surface area contributed by atoms with Crippen LogP contribution in [0.4, 0.5) is 0 Å². The van der Waals surface area contributed by atoms with Crippen molar-refractivity contribution < 1.29 is 9.53 Å². The smallest absolute Gasteiger partial charge is 0.236 e. The van der Waals surface area contributed by atoms with Crippen molar-refractivity contribution in [3.8, 4) is 5.75 Å². The number of hydrogen-bond acceptors (Lipinski definition) is 4. The Morgan fingerprint density at radius 2 is 2.16 bits per heavy atom. The molecule has 1 aromatic rings. The van der Waals surface area contributed by atoms with Crippen LogP contribution in [0.2, 0.25) is 0 Å². The molecule has 5 heteroatoms. The Labute approximate surface area is 113 Å². The van der Waals surface area contributed by atoms with Gasteiger partial charge in [0.15, 0.2) is 0 Å². The maximum atomic E-state index is 11.8. The normalized spacial score (nSPS) is 20.4. The first kappa shape index (κ1) is 13.8. The summed E-state index contributed by atoms with van der Waals surface area (Å²) in [6, 6.07) is 8.10. The zero-order chi connectivity index (χ0) is 13.8. The van der Waals surface area contributed by atoms with E-state index in [2.05, 4.69) is 18.0 Å². The molecule has 19 heavy (non-hydrogen) atoms. The molecule has 1 aliphatic heterocycles. The highest BCUT2D eigenvalue weighted by atomic mass is 16.5. The second-order valence-electron chi connectivity index (χ2n) is 4.78. The third kappa shape index (κ3) is 2.88. The zero-order valence-electron chi connectivity index (χ0n) is 11.5. The average molecular weight is 263 g/mol. The number of piperazine rings is 1. The molecule has 104 valence electrons. The number of ether oxygens (including phenoxy) is 1. The fourth-order valence-electron chi connectivity index (χ4n) is 2.51. The molecule has 0 saturated carbocycles. The van der Waals surface area contributed by atoms with Gasteiger partial charge in [-0.25, -0.2) is 0 Å². The van der Waals surface area contributed by atoms with Crippen LogP contribution in [-0.2, 0) is 4.79 Å². The number of nitrogens with two attached hydrogens (primary N) is 1. The fourth-order valence-corrected chi connectivity index (χ4v) is 2.51. The Kier molecular flexibility index (Phi) is 4.39. The topological polar surface area (TPSA) is 58.8 Å². The number of hydrogen-bond donors (Lipinski definition) is 1. The molecule has 5 nitrogen and oxygen atoms in total. The Morgan fingerprint density at radius 1 is 1.42 bits per heavy atom. The van der Waals surface area contributed by atoms with Crippen molar-refractivity contribution in [1.29, 1.82) is 0 Å². The van der Waals surface area contributed by atoms with E-state index in [1.807, 2.05) is 23.1 Å². The molecular formula is C14H21N3O2. The molecular weight excluding hydrogens is 242 g/mol. The van der Waals surface area contributed by atoms with Crippen molar-refractivity contribution in [3.63, 3.8) is 0 Å². The lowest BCUT2D eigenvalue weighted by Gasteiger charge is -2.40. The number of rotatable bonds is 3.